The van der Waals surface area contributed by atoms with Crippen molar-refractivity contribution in [3.63, 3.8) is 0 Å². The highest BCUT2D eigenvalue weighted by molar-refractivity contribution is 9.10. The summed E-state index contributed by atoms with van der Waals surface area (Å²) in [4.78, 5) is 30.1. The summed E-state index contributed by atoms with van der Waals surface area (Å²) in [5.41, 5.74) is 0.821. The summed E-state index contributed by atoms with van der Waals surface area (Å²) in [7, 11) is 1.60. The lowest BCUT2D eigenvalue weighted by atomic mass is 9.75. The summed E-state index contributed by atoms with van der Waals surface area (Å²) in [6.45, 7) is 9.67. The zero-order chi connectivity index (χ0) is 22.9. The number of hydrogen-bond acceptors (Lipinski definition) is 4. The van der Waals surface area contributed by atoms with Crippen molar-refractivity contribution in [1.82, 2.24) is 14.7 Å². The second kappa shape index (κ2) is 9.55. The monoisotopic (exact) mass is 515 g/mol. The molecule has 2 heterocycles. The molecule has 0 radical (unpaired) electrons. The van der Waals surface area contributed by atoms with E-state index in [2.05, 4.69) is 41.6 Å². The van der Waals surface area contributed by atoms with Crippen LogP contribution in [-0.4, -0.2) is 83.7 Å². The number of aryl methyl sites for hydroxylation is 1. The molecule has 0 aromatic heterocycles. The van der Waals surface area contributed by atoms with Gasteiger partial charge in [0.15, 0.2) is 0 Å². The van der Waals surface area contributed by atoms with E-state index in [0.29, 0.717) is 43.2 Å². The number of hydrogen-bond donors (Lipinski definition) is 1. The Morgan fingerprint density at radius 3 is 2.42 bits per heavy atom. The van der Waals surface area contributed by atoms with Gasteiger partial charge in [0.1, 0.15) is 5.75 Å². The van der Waals surface area contributed by atoms with E-state index in [9.17, 15) is 14.7 Å². The third kappa shape index (κ3) is 5.29. The Bertz CT molecular complexity index is 837. The summed E-state index contributed by atoms with van der Waals surface area (Å²) in [6.07, 6.45) is 0.139. The van der Waals surface area contributed by atoms with Gasteiger partial charge in [-0.3, -0.25) is 9.69 Å². The van der Waals surface area contributed by atoms with E-state index in [1.807, 2.05) is 11.0 Å². The van der Waals surface area contributed by atoms with Crippen LogP contribution in [0.25, 0.3) is 0 Å². The van der Waals surface area contributed by atoms with Crippen LogP contribution in [0.2, 0.25) is 5.02 Å². The Balaban J connectivity index is 1.54. The Morgan fingerprint density at radius 1 is 1.23 bits per heavy atom. The Hall–Kier alpha value is -1.51. The maximum absolute atomic E-state index is 12.8. The van der Waals surface area contributed by atoms with Crippen LogP contribution in [-0.2, 0) is 11.2 Å². The molecule has 0 spiro atoms. The third-order valence-electron chi connectivity index (χ3n) is 6.28. The lowest BCUT2D eigenvalue weighted by Gasteiger charge is -2.57. The molecule has 7 nitrogen and oxygen atoms in total. The smallest absolute Gasteiger partial charge is 0.407 e. The molecule has 172 valence electrons. The molecule has 2 fully saturated rings. The summed E-state index contributed by atoms with van der Waals surface area (Å²) >= 11 is 9.56. The minimum absolute atomic E-state index is 0.0249. The minimum atomic E-state index is -0.853. The maximum Gasteiger partial charge on any atom is 0.407 e. The molecule has 0 bridgehead atoms. The first-order chi connectivity index (χ1) is 14.5. The van der Waals surface area contributed by atoms with Crippen molar-refractivity contribution in [2.45, 2.75) is 45.7 Å². The van der Waals surface area contributed by atoms with Gasteiger partial charge in [-0.1, -0.05) is 32.4 Å². The first kappa shape index (κ1) is 24.1. The topological polar surface area (TPSA) is 73.3 Å². The van der Waals surface area contributed by atoms with Crippen molar-refractivity contribution in [2.24, 2.45) is 5.41 Å². The van der Waals surface area contributed by atoms with E-state index in [1.54, 1.807) is 18.1 Å². The van der Waals surface area contributed by atoms with Gasteiger partial charge < -0.3 is 19.6 Å². The number of piperazine rings is 1. The van der Waals surface area contributed by atoms with Crippen LogP contribution >= 0.6 is 27.5 Å². The zero-order valence-electron chi connectivity index (χ0n) is 18.5. The van der Waals surface area contributed by atoms with Crippen LogP contribution in [0.15, 0.2) is 16.6 Å². The number of ether oxygens (including phenoxy) is 1. The van der Waals surface area contributed by atoms with E-state index in [4.69, 9.17) is 16.3 Å². The van der Waals surface area contributed by atoms with Crippen molar-refractivity contribution in [1.29, 1.82) is 0 Å². The molecular weight excluding hydrogens is 486 g/mol. The normalized spacial score (nSPS) is 22.3. The fraction of sp³-hybridized carbons (Fsp3) is 0.636. The molecule has 1 aromatic rings. The second-order valence-corrected chi connectivity index (χ2v) is 10.6. The van der Waals surface area contributed by atoms with Crippen molar-refractivity contribution in [2.75, 3.05) is 39.8 Å². The van der Waals surface area contributed by atoms with Gasteiger partial charge in [0.2, 0.25) is 5.91 Å². The first-order valence-electron chi connectivity index (χ1n) is 10.6. The van der Waals surface area contributed by atoms with Gasteiger partial charge in [0, 0.05) is 55.7 Å². The number of carbonyl (C=O) groups is 2. The molecule has 2 aliphatic heterocycles. The Kier molecular flexibility index (Phi) is 7.43. The summed E-state index contributed by atoms with van der Waals surface area (Å²) < 4.78 is 6.19. The number of rotatable bonds is 5. The van der Waals surface area contributed by atoms with Gasteiger partial charge in [0.25, 0.3) is 0 Å². The van der Waals surface area contributed by atoms with Gasteiger partial charge in [-0.15, -0.1) is 0 Å². The summed E-state index contributed by atoms with van der Waals surface area (Å²) in [5.74, 6) is 0.813. The lowest BCUT2D eigenvalue weighted by Crippen LogP contribution is -2.73. The number of amides is 2. The van der Waals surface area contributed by atoms with Gasteiger partial charge in [-0.2, -0.15) is 0 Å². The maximum atomic E-state index is 12.8. The SMILES string of the molecule is COc1cc(Cl)c(Br)cc1CCC(=O)N1CCN(C2CN(C(=O)O)C2C(C)(C)C)CC1. The third-order valence-corrected chi connectivity index (χ3v) is 7.48. The molecule has 3 rings (SSSR count). The Morgan fingerprint density at radius 2 is 1.87 bits per heavy atom. The molecule has 2 unspecified atom stereocenters. The number of methoxy groups -OCH3 is 1. The molecule has 0 aliphatic carbocycles. The van der Waals surface area contributed by atoms with Gasteiger partial charge >= 0.3 is 6.09 Å². The summed E-state index contributed by atoms with van der Waals surface area (Å²) in [6, 6.07) is 3.85. The fourth-order valence-corrected chi connectivity index (χ4v) is 5.24. The van der Waals surface area contributed by atoms with Crippen molar-refractivity contribution < 1.29 is 19.4 Å². The van der Waals surface area contributed by atoms with E-state index in [0.717, 1.165) is 23.1 Å². The van der Waals surface area contributed by atoms with E-state index in [1.165, 1.54) is 0 Å². The number of nitrogens with zero attached hydrogens (tertiary/aromatic N) is 3. The van der Waals surface area contributed by atoms with Crippen LogP contribution in [0.5, 0.6) is 5.75 Å². The van der Waals surface area contributed by atoms with Gasteiger partial charge in [-0.05, 0) is 39.4 Å². The highest BCUT2D eigenvalue weighted by atomic mass is 79.9. The number of carboxylic acid groups (broad SMARTS) is 1. The first-order valence-corrected chi connectivity index (χ1v) is 11.7. The Labute approximate surface area is 197 Å². The highest BCUT2D eigenvalue weighted by Crippen LogP contribution is 2.37. The molecule has 1 N–H and O–H groups in total. The highest BCUT2D eigenvalue weighted by Gasteiger charge is 2.51. The lowest BCUT2D eigenvalue weighted by molar-refractivity contribution is -0.135. The molecule has 2 saturated heterocycles. The van der Waals surface area contributed by atoms with E-state index < -0.39 is 6.09 Å². The average molecular weight is 517 g/mol. The predicted molar refractivity (Wildman–Crippen MR) is 124 cm³/mol. The second-order valence-electron chi connectivity index (χ2n) is 9.31. The molecule has 9 heteroatoms. The van der Waals surface area contributed by atoms with Crippen molar-refractivity contribution in [3.05, 3.63) is 27.2 Å². The molecule has 2 aliphatic rings. The number of benzene rings is 1. The van der Waals surface area contributed by atoms with Gasteiger partial charge in [0.05, 0.1) is 18.2 Å². The number of carbonyl (C=O) groups excluding carboxylic acids is 1. The van der Waals surface area contributed by atoms with Crippen LogP contribution in [0.1, 0.15) is 32.8 Å². The van der Waals surface area contributed by atoms with Crippen molar-refractivity contribution in [3.8, 4) is 5.75 Å². The van der Waals surface area contributed by atoms with Crippen LogP contribution < -0.4 is 4.74 Å². The molecule has 0 saturated carbocycles. The molecular formula is C22H31BrClN3O4. The molecule has 2 amide bonds. The van der Waals surface area contributed by atoms with Crippen LogP contribution in [0.4, 0.5) is 4.79 Å². The number of halogens is 2. The van der Waals surface area contributed by atoms with Gasteiger partial charge in [-0.25, -0.2) is 4.79 Å². The molecule has 1 aromatic carbocycles. The van der Waals surface area contributed by atoms with Crippen molar-refractivity contribution >= 4 is 39.5 Å². The standard InChI is InChI=1S/C22H31BrClN3O4/c1-22(2,3)20-17(13-27(20)21(29)30)25-7-9-26(10-8-25)19(28)6-5-14-11-15(23)16(24)12-18(14)31-4/h11-12,17,20H,5-10,13H2,1-4H3,(H,29,30). The van der Waals surface area contributed by atoms with Crippen LogP contribution in [0, 0.1) is 5.41 Å². The average Bonchev–Trinajstić information content (AvgIpc) is 2.66. The minimum Gasteiger partial charge on any atom is -0.496 e. The van der Waals surface area contributed by atoms with E-state index in [-0.39, 0.29) is 23.4 Å². The molecule has 2 atom stereocenters. The van der Waals surface area contributed by atoms with Crippen LogP contribution in [0.3, 0.4) is 0 Å². The quantitative estimate of drug-likeness (QED) is 0.641. The molecule has 31 heavy (non-hydrogen) atoms. The van der Waals surface area contributed by atoms with E-state index >= 15 is 0 Å². The largest absolute Gasteiger partial charge is 0.496 e. The number of likely N-dealkylation sites (tertiary alicyclic amines) is 1. The summed E-state index contributed by atoms with van der Waals surface area (Å²) in [5, 5.41) is 10.0. The fourth-order valence-electron chi connectivity index (χ4n) is 4.70. The zero-order valence-corrected chi connectivity index (χ0v) is 20.9. The predicted octanol–water partition coefficient (Wildman–Crippen LogP) is 3.96.